The summed E-state index contributed by atoms with van der Waals surface area (Å²) in [5, 5.41) is 5.33. The van der Waals surface area contributed by atoms with E-state index in [1.165, 1.54) is 12.3 Å². The standard InChI is InChI=1S/C19H14F3N3O/c20-14-6-7-15(18(22)17(14)21)25-19(26)16-10-13(8-9-23-16)24-11-12-4-2-1-3-5-12/h1-10H,11H2,(H,23,24)(H,25,26). The van der Waals surface area contributed by atoms with E-state index in [0.29, 0.717) is 12.2 Å². The third-order valence-corrected chi connectivity index (χ3v) is 3.62. The summed E-state index contributed by atoms with van der Waals surface area (Å²) in [6.07, 6.45) is 1.42. The molecule has 3 rings (SSSR count). The lowest BCUT2D eigenvalue weighted by Gasteiger charge is -2.09. The van der Waals surface area contributed by atoms with Crippen LogP contribution in [0.15, 0.2) is 60.8 Å². The van der Waals surface area contributed by atoms with E-state index in [1.54, 1.807) is 6.07 Å². The maximum Gasteiger partial charge on any atom is 0.274 e. The van der Waals surface area contributed by atoms with Gasteiger partial charge in [-0.05, 0) is 29.8 Å². The summed E-state index contributed by atoms with van der Waals surface area (Å²) in [6, 6.07) is 14.5. The van der Waals surface area contributed by atoms with E-state index in [-0.39, 0.29) is 5.69 Å². The fraction of sp³-hybridized carbons (Fsp3) is 0.0526. The third-order valence-electron chi connectivity index (χ3n) is 3.62. The predicted octanol–water partition coefficient (Wildman–Crippen LogP) is 4.36. The van der Waals surface area contributed by atoms with E-state index in [9.17, 15) is 18.0 Å². The number of carbonyl (C=O) groups is 1. The van der Waals surface area contributed by atoms with Crippen LogP contribution in [0.5, 0.6) is 0 Å². The Balaban J connectivity index is 1.71. The summed E-state index contributed by atoms with van der Waals surface area (Å²) in [5.41, 5.74) is 1.24. The Kier molecular flexibility index (Phi) is 5.17. The molecule has 3 aromatic rings. The van der Waals surface area contributed by atoms with Gasteiger partial charge in [0.2, 0.25) is 0 Å². The molecule has 7 heteroatoms. The fourth-order valence-corrected chi connectivity index (χ4v) is 2.27. The molecule has 1 amide bonds. The normalized spacial score (nSPS) is 10.4. The van der Waals surface area contributed by atoms with E-state index in [1.807, 2.05) is 30.3 Å². The third kappa shape index (κ3) is 4.00. The molecule has 0 aliphatic rings. The van der Waals surface area contributed by atoms with Crippen LogP contribution >= 0.6 is 0 Å². The van der Waals surface area contributed by atoms with Crippen LogP contribution in [0.1, 0.15) is 16.1 Å². The number of hydrogen-bond donors (Lipinski definition) is 2. The Morgan fingerprint density at radius 3 is 2.50 bits per heavy atom. The van der Waals surface area contributed by atoms with E-state index in [0.717, 1.165) is 17.7 Å². The Morgan fingerprint density at radius 2 is 1.73 bits per heavy atom. The molecule has 26 heavy (non-hydrogen) atoms. The van der Waals surface area contributed by atoms with Gasteiger partial charge in [0.25, 0.3) is 5.91 Å². The predicted molar refractivity (Wildman–Crippen MR) is 92.3 cm³/mol. The fourth-order valence-electron chi connectivity index (χ4n) is 2.27. The molecule has 2 N–H and O–H groups in total. The summed E-state index contributed by atoms with van der Waals surface area (Å²) in [6.45, 7) is 0.545. The maximum atomic E-state index is 13.7. The Labute approximate surface area is 147 Å². The number of amides is 1. The van der Waals surface area contributed by atoms with Crippen LogP contribution in [0.25, 0.3) is 0 Å². The Bertz CT molecular complexity index is 933. The zero-order valence-electron chi connectivity index (χ0n) is 13.5. The Hall–Kier alpha value is -3.35. The lowest BCUT2D eigenvalue weighted by Crippen LogP contribution is -2.15. The molecule has 0 fully saturated rings. The minimum absolute atomic E-state index is 0.00666. The minimum atomic E-state index is -1.64. The molecule has 2 aromatic carbocycles. The molecule has 1 aromatic heterocycles. The van der Waals surface area contributed by atoms with Gasteiger partial charge in [-0.3, -0.25) is 9.78 Å². The molecule has 1 heterocycles. The van der Waals surface area contributed by atoms with Gasteiger partial charge in [0, 0.05) is 18.4 Å². The second kappa shape index (κ2) is 7.69. The molecule has 0 unspecified atom stereocenters. The van der Waals surface area contributed by atoms with Crippen molar-refractivity contribution in [1.82, 2.24) is 4.98 Å². The number of rotatable bonds is 5. The quantitative estimate of drug-likeness (QED) is 0.667. The van der Waals surface area contributed by atoms with Crippen molar-refractivity contribution in [3.8, 4) is 0 Å². The first-order chi connectivity index (χ1) is 12.5. The van der Waals surface area contributed by atoms with Gasteiger partial charge < -0.3 is 10.6 Å². The molecule has 132 valence electrons. The number of nitrogens with zero attached hydrogens (tertiary/aromatic N) is 1. The van der Waals surface area contributed by atoms with Crippen molar-refractivity contribution < 1.29 is 18.0 Å². The number of anilines is 2. The summed E-state index contributed by atoms with van der Waals surface area (Å²) in [7, 11) is 0. The number of carbonyl (C=O) groups excluding carboxylic acids is 1. The second-order valence-corrected chi connectivity index (χ2v) is 5.45. The van der Waals surface area contributed by atoms with Crippen molar-refractivity contribution in [3.05, 3.63) is 89.5 Å². The molecule has 0 spiro atoms. The molecule has 0 atom stereocenters. The zero-order valence-corrected chi connectivity index (χ0v) is 13.5. The molecule has 0 aliphatic carbocycles. The number of benzene rings is 2. The van der Waals surface area contributed by atoms with E-state index < -0.39 is 29.0 Å². The van der Waals surface area contributed by atoms with Crippen LogP contribution in [-0.4, -0.2) is 10.9 Å². The number of hydrogen-bond acceptors (Lipinski definition) is 3. The van der Waals surface area contributed by atoms with Gasteiger partial charge in [0.15, 0.2) is 17.5 Å². The summed E-state index contributed by atoms with van der Waals surface area (Å²) in [4.78, 5) is 16.1. The number of nitrogens with one attached hydrogen (secondary N) is 2. The summed E-state index contributed by atoms with van der Waals surface area (Å²) < 4.78 is 39.9. The van der Waals surface area contributed by atoms with Gasteiger partial charge in [0.05, 0.1) is 5.69 Å². The number of pyridine rings is 1. The molecular weight excluding hydrogens is 343 g/mol. The summed E-state index contributed by atoms with van der Waals surface area (Å²) in [5.74, 6) is -5.17. The van der Waals surface area contributed by atoms with Gasteiger partial charge in [-0.25, -0.2) is 13.2 Å². The van der Waals surface area contributed by atoms with E-state index in [4.69, 9.17) is 0 Å². The van der Waals surface area contributed by atoms with Gasteiger partial charge in [-0.15, -0.1) is 0 Å². The van der Waals surface area contributed by atoms with Crippen molar-refractivity contribution in [1.29, 1.82) is 0 Å². The average Bonchev–Trinajstić information content (AvgIpc) is 2.68. The summed E-state index contributed by atoms with van der Waals surface area (Å²) >= 11 is 0. The molecule has 0 saturated carbocycles. The van der Waals surface area contributed by atoms with Crippen molar-refractivity contribution >= 4 is 17.3 Å². The smallest absolute Gasteiger partial charge is 0.274 e. The molecule has 0 saturated heterocycles. The van der Waals surface area contributed by atoms with Crippen LogP contribution in [0, 0.1) is 17.5 Å². The van der Waals surface area contributed by atoms with Gasteiger partial charge in [-0.1, -0.05) is 30.3 Å². The largest absolute Gasteiger partial charge is 0.381 e. The van der Waals surface area contributed by atoms with E-state index in [2.05, 4.69) is 15.6 Å². The van der Waals surface area contributed by atoms with Gasteiger partial charge >= 0.3 is 0 Å². The Morgan fingerprint density at radius 1 is 0.962 bits per heavy atom. The number of aromatic nitrogens is 1. The number of halogens is 3. The second-order valence-electron chi connectivity index (χ2n) is 5.45. The molecular formula is C19H14F3N3O. The van der Waals surface area contributed by atoms with Crippen LogP contribution in [0.2, 0.25) is 0 Å². The van der Waals surface area contributed by atoms with Crippen molar-refractivity contribution in [3.63, 3.8) is 0 Å². The van der Waals surface area contributed by atoms with Crippen molar-refractivity contribution in [2.45, 2.75) is 6.54 Å². The highest BCUT2D eigenvalue weighted by atomic mass is 19.2. The lowest BCUT2D eigenvalue weighted by molar-refractivity contribution is 0.102. The van der Waals surface area contributed by atoms with E-state index >= 15 is 0 Å². The van der Waals surface area contributed by atoms with Crippen molar-refractivity contribution in [2.24, 2.45) is 0 Å². The van der Waals surface area contributed by atoms with Gasteiger partial charge in [0.1, 0.15) is 5.69 Å². The van der Waals surface area contributed by atoms with Crippen molar-refractivity contribution in [2.75, 3.05) is 10.6 Å². The van der Waals surface area contributed by atoms with Gasteiger partial charge in [-0.2, -0.15) is 0 Å². The average molecular weight is 357 g/mol. The molecule has 0 aliphatic heterocycles. The van der Waals surface area contributed by atoms with Crippen LogP contribution in [-0.2, 0) is 6.54 Å². The lowest BCUT2D eigenvalue weighted by atomic mass is 10.2. The first-order valence-corrected chi connectivity index (χ1v) is 7.73. The highest BCUT2D eigenvalue weighted by molar-refractivity contribution is 6.03. The van der Waals surface area contributed by atoms with Crippen LogP contribution in [0.3, 0.4) is 0 Å². The topological polar surface area (TPSA) is 54.0 Å². The minimum Gasteiger partial charge on any atom is -0.381 e. The van der Waals surface area contributed by atoms with Crippen LogP contribution in [0.4, 0.5) is 24.5 Å². The molecule has 0 radical (unpaired) electrons. The first-order valence-electron chi connectivity index (χ1n) is 7.73. The zero-order chi connectivity index (χ0) is 18.5. The highest BCUT2D eigenvalue weighted by Gasteiger charge is 2.16. The van der Waals surface area contributed by atoms with Crippen LogP contribution < -0.4 is 10.6 Å². The SMILES string of the molecule is O=C(Nc1ccc(F)c(F)c1F)c1cc(NCc2ccccc2)ccn1. The monoisotopic (exact) mass is 357 g/mol. The molecule has 0 bridgehead atoms. The maximum absolute atomic E-state index is 13.7. The highest BCUT2D eigenvalue weighted by Crippen LogP contribution is 2.20. The molecule has 4 nitrogen and oxygen atoms in total. The first kappa shape index (κ1) is 17.5.